The normalized spacial score (nSPS) is 12.8. The lowest BCUT2D eigenvalue weighted by molar-refractivity contribution is -0.145. The van der Waals surface area contributed by atoms with Crippen LogP contribution in [0.2, 0.25) is 0 Å². The Balaban J connectivity index is 2.06. The highest BCUT2D eigenvalue weighted by atomic mass is 79.9. The van der Waals surface area contributed by atoms with Gasteiger partial charge in [0.2, 0.25) is 15.8 Å². The van der Waals surface area contributed by atoms with Gasteiger partial charge in [0.25, 0.3) is 0 Å². The number of halogens is 1. The summed E-state index contributed by atoms with van der Waals surface area (Å²) in [6, 6.07) is 8.43. The molecule has 0 spiro atoms. The largest absolute Gasteiger partial charge is 0.456 e. The molecule has 146 valence electrons. The summed E-state index contributed by atoms with van der Waals surface area (Å²) in [4.78, 5) is 26.0. The first-order valence-electron chi connectivity index (χ1n) is 8.14. The fraction of sp³-hybridized carbons (Fsp3) is 0.333. The van der Waals surface area contributed by atoms with Crippen molar-refractivity contribution >= 4 is 49.0 Å². The number of ether oxygens (including phenoxy) is 1. The molecular weight excluding hydrogens is 454 g/mol. The van der Waals surface area contributed by atoms with Gasteiger partial charge in [0.1, 0.15) is 6.04 Å². The van der Waals surface area contributed by atoms with Gasteiger partial charge in [-0.05, 0) is 49.2 Å². The fourth-order valence-electron chi connectivity index (χ4n) is 2.19. The van der Waals surface area contributed by atoms with Crippen LogP contribution in [0.4, 0.5) is 0 Å². The first kappa shape index (κ1) is 21.7. The number of rotatable bonds is 8. The number of nitrogens with one attached hydrogen (secondary N) is 1. The molecule has 1 aromatic heterocycles. The molecule has 0 aliphatic rings. The SMILES string of the molecule is Cc1ccc(C(=O)COC(=O)[C@@H](NS(=O)(=O)c2ccc(Br)cc2)C(C)C)s1. The van der Waals surface area contributed by atoms with Crippen molar-refractivity contribution in [2.24, 2.45) is 5.92 Å². The van der Waals surface area contributed by atoms with E-state index in [1.807, 2.05) is 13.0 Å². The van der Waals surface area contributed by atoms with Crippen molar-refractivity contribution in [2.75, 3.05) is 6.61 Å². The Labute approximate surface area is 171 Å². The third-order valence-electron chi connectivity index (χ3n) is 3.69. The standard InChI is InChI=1S/C18H20BrNO5S2/c1-11(2)17(20-27(23,24)14-7-5-13(19)6-8-14)18(22)25-10-15(21)16-9-4-12(3)26-16/h4-9,11,17,20H,10H2,1-3H3/t17-/m0/s1. The van der Waals surface area contributed by atoms with Crippen LogP contribution in [0, 0.1) is 12.8 Å². The lowest BCUT2D eigenvalue weighted by atomic mass is 10.1. The van der Waals surface area contributed by atoms with Gasteiger partial charge >= 0.3 is 5.97 Å². The molecule has 0 bridgehead atoms. The Morgan fingerprint density at radius 3 is 2.30 bits per heavy atom. The summed E-state index contributed by atoms with van der Waals surface area (Å²) >= 11 is 4.56. The molecule has 1 heterocycles. The summed E-state index contributed by atoms with van der Waals surface area (Å²) < 4.78 is 33.2. The lowest BCUT2D eigenvalue weighted by Crippen LogP contribution is -2.45. The zero-order valence-corrected chi connectivity index (χ0v) is 18.3. The topological polar surface area (TPSA) is 89.5 Å². The van der Waals surface area contributed by atoms with E-state index in [1.54, 1.807) is 32.0 Å². The van der Waals surface area contributed by atoms with Gasteiger partial charge in [-0.15, -0.1) is 11.3 Å². The molecule has 0 saturated carbocycles. The van der Waals surface area contributed by atoms with E-state index in [-0.39, 0.29) is 16.6 Å². The highest BCUT2D eigenvalue weighted by Crippen LogP contribution is 2.18. The maximum atomic E-state index is 12.5. The molecule has 2 rings (SSSR count). The highest BCUT2D eigenvalue weighted by molar-refractivity contribution is 9.10. The molecule has 0 radical (unpaired) electrons. The maximum absolute atomic E-state index is 12.5. The minimum absolute atomic E-state index is 0.0364. The zero-order valence-electron chi connectivity index (χ0n) is 15.1. The summed E-state index contributed by atoms with van der Waals surface area (Å²) in [6.45, 7) is 4.84. The molecule has 9 heteroatoms. The van der Waals surface area contributed by atoms with Crippen LogP contribution in [-0.4, -0.2) is 32.8 Å². The monoisotopic (exact) mass is 473 g/mol. The number of carbonyl (C=O) groups excluding carboxylic acids is 2. The zero-order chi connectivity index (χ0) is 20.2. The number of hydrogen-bond donors (Lipinski definition) is 1. The summed E-state index contributed by atoms with van der Waals surface area (Å²) in [5, 5.41) is 0. The number of carbonyl (C=O) groups is 2. The van der Waals surface area contributed by atoms with E-state index >= 15 is 0 Å². The van der Waals surface area contributed by atoms with E-state index in [1.165, 1.54) is 23.5 Å². The van der Waals surface area contributed by atoms with Crippen LogP contribution in [-0.2, 0) is 19.6 Å². The second-order valence-corrected chi connectivity index (χ2v) is 10.2. The predicted octanol–water partition coefficient (Wildman–Crippen LogP) is 3.55. The number of benzene rings is 1. The van der Waals surface area contributed by atoms with Crippen LogP contribution in [0.5, 0.6) is 0 Å². The van der Waals surface area contributed by atoms with Gasteiger partial charge in [-0.1, -0.05) is 29.8 Å². The average Bonchev–Trinajstić information content (AvgIpc) is 3.04. The number of sulfonamides is 1. The van der Waals surface area contributed by atoms with E-state index in [2.05, 4.69) is 20.7 Å². The number of ketones is 1. The molecule has 1 atom stereocenters. The average molecular weight is 474 g/mol. The smallest absolute Gasteiger partial charge is 0.324 e. The van der Waals surface area contributed by atoms with Crippen molar-refractivity contribution in [3.8, 4) is 0 Å². The second kappa shape index (κ2) is 9.09. The van der Waals surface area contributed by atoms with Crippen LogP contribution in [0.3, 0.4) is 0 Å². The van der Waals surface area contributed by atoms with E-state index in [0.717, 1.165) is 9.35 Å². The molecule has 27 heavy (non-hydrogen) atoms. The van der Waals surface area contributed by atoms with Gasteiger partial charge in [0.15, 0.2) is 6.61 Å². The van der Waals surface area contributed by atoms with Crippen molar-refractivity contribution in [3.05, 3.63) is 50.6 Å². The molecule has 0 saturated heterocycles. The van der Waals surface area contributed by atoms with Crippen molar-refractivity contribution in [3.63, 3.8) is 0 Å². The number of aryl methyl sites for hydroxylation is 1. The highest BCUT2D eigenvalue weighted by Gasteiger charge is 2.30. The molecule has 1 N–H and O–H groups in total. The molecule has 0 amide bonds. The predicted molar refractivity (Wildman–Crippen MR) is 107 cm³/mol. The van der Waals surface area contributed by atoms with Crippen LogP contribution in [0.15, 0.2) is 45.8 Å². The van der Waals surface area contributed by atoms with E-state index < -0.39 is 28.6 Å². The first-order valence-corrected chi connectivity index (χ1v) is 11.2. The van der Waals surface area contributed by atoms with Gasteiger partial charge in [-0.25, -0.2) is 8.42 Å². The number of Topliss-reactive ketones (excluding diaryl/α,β-unsaturated/α-hetero) is 1. The molecule has 0 aliphatic carbocycles. The molecule has 0 aliphatic heterocycles. The minimum Gasteiger partial charge on any atom is -0.456 e. The summed E-state index contributed by atoms with van der Waals surface area (Å²) in [6.07, 6.45) is 0. The Morgan fingerprint density at radius 1 is 1.15 bits per heavy atom. The number of thiophene rings is 1. The Kier molecular flexibility index (Phi) is 7.32. The Morgan fingerprint density at radius 2 is 1.78 bits per heavy atom. The molecule has 0 fully saturated rings. The molecular formula is C18H20BrNO5S2. The molecule has 2 aromatic rings. The lowest BCUT2D eigenvalue weighted by Gasteiger charge is -2.20. The van der Waals surface area contributed by atoms with Crippen molar-refractivity contribution < 1.29 is 22.7 Å². The molecule has 0 unspecified atom stereocenters. The summed E-state index contributed by atoms with van der Waals surface area (Å²) in [5.41, 5.74) is 0. The van der Waals surface area contributed by atoms with Crippen molar-refractivity contribution in [1.29, 1.82) is 0 Å². The van der Waals surface area contributed by atoms with E-state index in [9.17, 15) is 18.0 Å². The van der Waals surface area contributed by atoms with Gasteiger partial charge < -0.3 is 4.74 Å². The second-order valence-electron chi connectivity index (χ2n) is 6.24. The third-order valence-corrected chi connectivity index (χ3v) is 6.71. The van der Waals surface area contributed by atoms with Crippen LogP contribution in [0.1, 0.15) is 28.4 Å². The summed E-state index contributed by atoms with van der Waals surface area (Å²) in [5.74, 6) is -1.46. The van der Waals surface area contributed by atoms with Crippen LogP contribution >= 0.6 is 27.3 Å². The number of esters is 1. The van der Waals surface area contributed by atoms with Crippen molar-refractivity contribution in [1.82, 2.24) is 4.72 Å². The third kappa shape index (κ3) is 5.97. The van der Waals surface area contributed by atoms with E-state index in [0.29, 0.717) is 4.88 Å². The van der Waals surface area contributed by atoms with Gasteiger partial charge in [0, 0.05) is 9.35 Å². The number of hydrogen-bond acceptors (Lipinski definition) is 6. The fourth-order valence-corrected chi connectivity index (χ4v) is 4.58. The van der Waals surface area contributed by atoms with Crippen molar-refractivity contribution in [2.45, 2.75) is 31.7 Å². The first-order chi connectivity index (χ1) is 12.6. The molecule has 6 nitrogen and oxygen atoms in total. The Bertz CT molecular complexity index is 919. The van der Waals surface area contributed by atoms with Gasteiger partial charge in [0.05, 0.1) is 9.77 Å². The summed E-state index contributed by atoms with van der Waals surface area (Å²) in [7, 11) is -3.91. The maximum Gasteiger partial charge on any atom is 0.324 e. The van der Waals surface area contributed by atoms with Gasteiger partial charge in [-0.2, -0.15) is 4.72 Å². The van der Waals surface area contributed by atoms with E-state index in [4.69, 9.17) is 4.74 Å². The molecule has 1 aromatic carbocycles. The quantitative estimate of drug-likeness (QED) is 0.467. The minimum atomic E-state index is -3.91. The van der Waals surface area contributed by atoms with Gasteiger partial charge in [-0.3, -0.25) is 9.59 Å². The van der Waals surface area contributed by atoms with Crippen LogP contribution in [0.25, 0.3) is 0 Å². The Hall–Kier alpha value is -1.55. The van der Waals surface area contributed by atoms with Crippen LogP contribution < -0.4 is 4.72 Å².